The van der Waals surface area contributed by atoms with Gasteiger partial charge in [-0.15, -0.1) is 0 Å². The van der Waals surface area contributed by atoms with Crippen molar-refractivity contribution < 1.29 is 4.52 Å². The minimum Gasteiger partial charge on any atom is -0.338 e. The van der Waals surface area contributed by atoms with Gasteiger partial charge in [0.05, 0.1) is 5.41 Å². The van der Waals surface area contributed by atoms with Gasteiger partial charge >= 0.3 is 0 Å². The smallest absolute Gasteiger partial charge is 0.266 e. The maximum absolute atomic E-state index is 6.19. The molecule has 1 fully saturated rings. The van der Waals surface area contributed by atoms with Crippen LogP contribution in [0.2, 0.25) is 0 Å². The van der Waals surface area contributed by atoms with Crippen molar-refractivity contribution >= 4 is 5.95 Å². The Kier molecular flexibility index (Phi) is 3.36. The van der Waals surface area contributed by atoms with Crippen LogP contribution in [0.3, 0.4) is 0 Å². The monoisotopic (exact) mass is 252 g/mol. The number of rotatable bonds is 3. The summed E-state index contributed by atoms with van der Waals surface area (Å²) < 4.78 is 5.43. The first kappa shape index (κ1) is 13.3. The molecule has 0 saturated carbocycles. The third-order valence-corrected chi connectivity index (χ3v) is 4.20. The molecule has 0 spiro atoms. The molecule has 0 radical (unpaired) electrons. The van der Waals surface area contributed by atoms with Crippen LogP contribution in [0.15, 0.2) is 4.52 Å². The largest absolute Gasteiger partial charge is 0.338 e. The minimum absolute atomic E-state index is 0.339. The van der Waals surface area contributed by atoms with Crippen molar-refractivity contribution in [2.24, 2.45) is 5.73 Å². The highest BCUT2D eigenvalue weighted by atomic mass is 16.5. The minimum atomic E-state index is -0.404. The molecule has 5 nitrogen and oxygen atoms in total. The van der Waals surface area contributed by atoms with Gasteiger partial charge in [0.2, 0.25) is 5.89 Å². The summed E-state index contributed by atoms with van der Waals surface area (Å²) >= 11 is 0. The van der Waals surface area contributed by atoms with Crippen LogP contribution >= 0.6 is 0 Å². The summed E-state index contributed by atoms with van der Waals surface area (Å²) in [4.78, 5) is 6.73. The van der Waals surface area contributed by atoms with Gasteiger partial charge < -0.3 is 15.2 Å². The van der Waals surface area contributed by atoms with E-state index in [1.54, 1.807) is 0 Å². The molecule has 0 aromatic carbocycles. The Balaban J connectivity index is 2.19. The number of hydrogen-bond acceptors (Lipinski definition) is 5. The molecule has 2 rings (SSSR count). The van der Waals surface area contributed by atoms with E-state index in [0.717, 1.165) is 13.1 Å². The molecule has 1 aliphatic heterocycles. The molecule has 1 aromatic rings. The fourth-order valence-electron chi connectivity index (χ4n) is 1.97. The van der Waals surface area contributed by atoms with Gasteiger partial charge in [-0.05, 0) is 52.1 Å². The molecule has 0 unspecified atom stereocenters. The fraction of sp³-hybridized carbons (Fsp3) is 0.846. The zero-order chi connectivity index (χ0) is 13.4. The zero-order valence-corrected chi connectivity index (χ0v) is 11.9. The normalized spacial score (nSPS) is 18.2. The molecule has 0 amide bonds. The van der Waals surface area contributed by atoms with Gasteiger partial charge in [-0.25, -0.2) is 0 Å². The standard InChI is InChI=1S/C13H24N4O/c1-12(2,13(3,4)14)10-15-11(16-18-10)17-8-6-5-7-9-17/h5-9,14H2,1-4H3. The summed E-state index contributed by atoms with van der Waals surface area (Å²) in [7, 11) is 0. The summed E-state index contributed by atoms with van der Waals surface area (Å²) in [5.74, 6) is 1.33. The van der Waals surface area contributed by atoms with Crippen LogP contribution < -0.4 is 10.6 Å². The second kappa shape index (κ2) is 4.53. The first-order chi connectivity index (χ1) is 8.32. The summed E-state index contributed by atoms with van der Waals surface area (Å²) in [6, 6.07) is 0. The maximum atomic E-state index is 6.19. The molecule has 1 saturated heterocycles. The van der Waals surface area contributed by atoms with E-state index in [-0.39, 0.29) is 5.41 Å². The van der Waals surface area contributed by atoms with Crippen LogP contribution in [-0.4, -0.2) is 28.8 Å². The Morgan fingerprint density at radius 3 is 2.28 bits per heavy atom. The van der Waals surface area contributed by atoms with Gasteiger partial charge in [-0.2, -0.15) is 4.98 Å². The molecular weight excluding hydrogens is 228 g/mol. The van der Waals surface area contributed by atoms with Crippen LogP contribution in [0.5, 0.6) is 0 Å². The molecule has 5 heteroatoms. The van der Waals surface area contributed by atoms with Gasteiger partial charge in [0.15, 0.2) is 0 Å². The topological polar surface area (TPSA) is 68.2 Å². The van der Waals surface area contributed by atoms with E-state index in [2.05, 4.69) is 15.0 Å². The van der Waals surface area contributed by atoms with E-state index >= 15 is 0 Å². The molecular formula is C13H24N4O. The van der Waals surface area contributed by atoms with Crippen LogP contribution in [0, 0.1) is 0 Å². The van der Waals surface area contributed by atoms with E-state index in [9.17, 15) is 0 Å². The van der Waals surface area contributed by atoms with Crippen molar-refractivity contribution in [2.75, 3.05) is 18.0 Å². The number of piperidine rings is 1. The third kappa shape index (κ3) is 2.36. The Hall–Kier alpha value is -1.10. The number of nitrogens with two attached hydrogens (primary N) is 1. The third-order valence-electron chi connectivity index (χ3n) is 4.20. The van der Waals surface area contributed by atoms with E-state index in [1.165, 1.54) is 19.3 Å². The molecule has 2 heterocycles. The van der Waals surface area contributed by atoms with E-state index < -0.39 is 5.54 Å². The Morgan fingerprint density at radius 2 is 1.72 bits per heavy atom. The number of aromatic nitrogens is 2. The second-order valence-corrected chi connectivity index (χ2v) is 6.29. The summed E-state index contributed by atoms with van der Waals surface area (Å²) in [5, 5.41) is 4.10. The van der Waals surface area contributed by atoms with Crippen molar-refractivity contribution in [3.05, 3.63) is 5.89 Å². The SMILES string of the molecule is CC(C)(N)C(C)(C)c1nc(N2CCCCC2)no1. The van der Waals surface area contributed by atoms with Crippen LogP contribution in [0.4, 0.5) is 5.95 Å². The highest BCUT2D eigenvalue weighted by molar-refractivity contribution is 5.29. The molecule has 102 valence electrons. The molecule has 1 aromatic heterocycles. The van der Waals surface area contributed by atoms with E-state index in [1.807, 2.05) is 27.7 Å². The summed E-state index contributed by atoms with van der Waals surface area (Å²) in [5.41, 5.74) is 5.45. The van der Waals surface area contributed by atoms with Crippen molar-refractivity contribution in [1.82, 2.24) is 10.1 Å². The number of anilines is 1. The van der Waals surface area contributed by atoms with Gasteiger partial charge in [-0.3, -0.25) is 0 Å². The molecule has 2 N–H and O–H groups in total. The first-order valence-corrected chi connectivity index (χ1v) is 6.70. The van der Waals surface area contributed by atoms with Crippen molar-refractivity contribution in [3.8, 4) is 0 Å². The van der Waals surface area contributed by atoms with Crippen LogP contribution in [0.25, 0.3) is 0 Å². The lowest BCUT2D eigenvalue weighted by Gasteiger charge is -2.34. The maximum Gasteiger partial charge on any atom is 0.266 e. The lowest BCUT2D eigenvalue weighted by atomic mass is 9.75. The number of nitrogens with zero attached hydrogens (tertiary/aromatic N) is 3. The van der Waals surface area contributed by atoms with Crippen molar-refractivity contribution in [1.29, 1.82) is 0 Å². The fourth-order valence-corrected chi connectivity index (χ4v) is 1.97. The predicted octanol–water partition coefficient (Wildman–Crippen LogP) is 2.07. The highest BCUT2D eigenvalue weighted by Crippen LogP contribution is 2.32. The molecule has 0 aliphatic carbocycles. The average molecular weight is 252 g/mol. The highest BCUT2D eigenvalue weighted by Gasteiger charge is 2.40. The lowest BCUT2D eigenvalue weighted by molar-refractivity contribution is 0.223. The first-order valence-electron chi connectivity index (χ1n) is 6.70. The Morgan fingerprint density at radius 1 is 1.11 bits per heavy atom. The predicted molar refractivity (Wildman–Crippen MR) is 71.7 cm³/mol. The molecule has 0 atom stereocenters. The summed E-state index contributed by atoms with van der Waals surface area (Å²) in [6.07, 6.45) is 3.70. The van der Waals surface area contributed by atoms with Gasteiger partial charge in [0.25, 0.3) is 5.95 Å². The van der Waals surface area contributed by atoms with Crippen LogP contribution in [-0.2, 0) is 5.41 Å². The zero-order valence-electron chi connectivity index (χ0n) is 11.9. The van der Waals surface area contributed by atoms with E-state index in [0.29, 0.717) is 11.8 Å². The summed E-state index contributed by atoms with van der Waals surface area (Å²) in [6.45, 7) is 10.1. The van der Waals surface area contributed by atoms with Crippen molar-refractivity contribution in [2.45, 2.75) is 57.9 Å². The van der Waals surface area contributed by atoms with Gasteiger partial charge in [0, 0.05) is 18.6 Å². The molecule has 1 aliphatic rings. The molecule has 0 bridgehead atoms. The average Bonchev–Trinajstić information content (AvgIpc) is 2.78. The lowest BCUT2D eigenvalue weighted by Crippen LogP contribution is -2.50. The van der Waals surface area contributed by atoms with Crippen LogP contribution in [0.1, 0.15) is 52.8 Å². The van der Waals surface area contributed by atoms with Crippen molar-refractivity contribution in [3.63, 3.8) is 0 Å². The van der Waals surface area contributed by atoms with Gasteiger partial charge in [0.1, 0.15) is 0 Å². The quantitative estimate of drug-likeness (QED) is 0.892. The second-order valence-electron chi connectivity index (χ2n) is 6.29. The Bertz CT molecular complexity index is 399. The molecule has 18 heavy (non-hydrogen) atoms. The van der Waals surface area contributed by atoms with Gasteiger partial charge in [-0.1, -0.05) is 0 Å². The Labute approximate surface area is 109 Å². The van der Waals surface area contributed by atoms with E-state index in [4.69, 9.17) is 10.3 Å². The number of hydrogen-bond donors (Lipinski definition) is 1.